The lowest BCUT2D eigenvalue weighted by atomic mass is 9.92. The number of halogens is 1. The minimum atomic E-state index is -0.536. The standard InChI is InChI=1S/C13H17FN2O/c1-8(15)13(17)16-7-6-10-4-3-5-11(14)12(10)9(16)2/h3-5,8-9H,6-7,15H2,1-2H3/t8-,9-/m0/s1. The monoisotopic (exact) mass is 236 g/mol. The van der Waals surface area contributed by atoms with Crippen molar-refractivity contribution in [1.82, 2.24) is 4.90 Å². The molecule has 2 N–H and O–H groups in total. The normalized spacial score (nSPS) is 20.9. The fourth-order valence-electron chi connectivity index (χ4n) is 2.42. The van der Waals surface area contributed by atoms with Gasteiger partial charge in [-0.1, -0.05) is 12.1 Å². The number of amides is 1. The maximum atomic E-state index is 13.8. The highest BCUT2D eigenvalue weighted by molar-refractivity contribution is 5.82. The van der Waals surface area contributed by atoms with E-state index in [1.54, 1.807) is 17.9 Å². The highest BCUT2D eigenvalue weighted by Crippen LogP contribution is 2.31. The van der Waals surface area contributed by atoms with Crippen LogP contribution in [0.2, 0.25) is 0 Å². The number of hydrogen-bond acceptors (Lipinski definition) is 2. The van der Waals surface area contributed by atoms with Crippen LogP contribution < -0.4 is 5.73 Å². The summed E-state index contributed by atoms with van der Waals surface area (Å²) in [5.74, 6) is -0.358. The Morgan fingerprint density at radius 2 is 2.29 bits per heavy atom. The van der Waals surface area contributed by atoms with Gasteiger partial charge in [-0.15, -0.1) is 0 Å². The number of rotatable bonds is 1. The molecular formula is C13H17FN2O. The molecule has 17 heavy (non-hydrogen) atoms. The summed E-state index contributed by atoms with van der Waals surface area (Å²) in [6.07, 6.45) is 0.690. The topological polar surface area (TPSA) is 46.3 Å². The zero-order valence-electron chi connectivity index (χ0n) is 10.1. The van der Waals surface area contributed by atoms with Crippen molar-refractivity contribution >= 4 is 5.91 Å². The summed E-state index contributed by atoms with van der Waals surface area (Å²) in [5.41, 5.74) is 7.23. The van der Waals surface area contributed by atoms with Crippen LogP contribution in [0.25, 0.3) is 0 Å². The SMILES string of the molecule is C[C@H](N)C(=O)N1CCc2cccc(F)c2[C@@H]1C. The molecule has 92 valence electrons. The quantitative estimate of drug-likeness (QED) is 0.805. The third-order valence-corrected chi connectivity index (χ3v) is 3.32. The molecule has 0 aromatic heterocycles. The van der Waals surface area contributed by atoms with Crippen molar-refractivity contribution in [2.24, 2.45) is 5.73 Å². The van der Waals surface area contributed by atoms with Crippen molar-refractivity contribution < 1.29 is 9.18 Å². The summed E-state index contributed by atoms with van der Waals surface area (Å²) in [6.45, 7) is 4.12. The van der Waals surface area contributed by atoms with E-state index in [1.165, 1.54) is 6.07 Å². The Labute approximate surface area is 100 Å². The van der Waals surface area contributed by atoms with Gasteiger partial charge in [0.15, 0.2) is 0 Å². The van der Waals surface area contributed by atoms with Crippen molar-refractivity contribution in [3.63, 3.8) is 0 Å². The molecule has 0 saturated heterocycles. The van der Waals surface area contributed by atoms with Gasteiger partial charge < -0.3 is 10.6 Å². The Morgan fingerprint density at radius 3 is 2.94 bits per heavy atom. The van der Waals surface area contributed by atoms with Crippen LogP contribution in [0.15, 0.2) is 18.2 Å². The number of carbonyl (C=O) groups is 1. The molecule has 0 fully saturated rings. The molecule has 0 unspecified atom stereocenters. The summed E-state index contributed by atoms with van der Waals surface area (Å²) in [4.78, 5) is 13.6. The van der Waals surface area contributed by atoms with Crippen molar-refractivity contribution in [3.05, 3.63) is 35.1 Å². The van der Waals surface area contributed by atoms with E-state index in [2.05, 4.69) is 0 Å². The molecule has 0 aliphatic carbocycles. The number of carbonyl (C=O) groups excluding carboxylic acids is 1. The molecule has 1 amide bonds. The van der Waals surface area contributed by atoms with Gasteiger partial charge in [0.25, 0.3) is 0 Å². The van der Waals surface area contributed by atoms with E-state index in [4.69, 9.17) is 5.73 Å². The molecule has 2 rings (SSSR count). The van der Waals surface area contributed by atoms with Gasteiger partial charge in [0.1, 0.15) is 5.82 Å². The largest absolute Gasteiger partial charge is 0.334 e. The van der Waals surface area contributed by atoms with Gasteiger partial charge in [0.2, 0.25) is 5.91 Å². The van der Waals surface area contributed by atoms with E-state index >= 15 is 0 Å². The molecule has 1 heterocycles. The minimum Gasteiger partial charge on any atom is -0.334 e. The van der Waals surface area contributed by atoms with E-state index in [1.807, 2.05) is 13.0 Å². The molecule has 4 heteroatoms. The Kier molecular flexibility index (Phi) is 3.15. The maximum Gasteiger partial charge on any atom is 0.239 e. The summed E-state index contributed by atoms with van der Waals surface area (Å²) >= 11 is 0. The van der Waals surface area contributed by atoms with E-state index in [-0.39, 0.29) is 17.8 Å². The molecule has 0 bridgehead atoms. The highest BCUT2D eigenvalue weighted by Gasteiger charge is 2.30. The lowest BCUT2D eigenvalue weighted by molar-refractivity contribution is -0.134. The van der Waals surface area contributed by atoms with Crippen LogP contribution in [-0.2, 0) is 11.2 Å². The maximum absolute atomic E-state index is 13.8. The number of nitrogens with two attached hydrogens (primary N) is 1. The Bertz CT molecular complexity index is 445. The van der Waals surface area contributed by atoms with E-state index in [0.717, 1.165) is 5.56 Å². The van der Waals surface area contributed by atoms with Gasteiger partial charge in [-0.05, 0) is 31.9 Å². The van der Waals surface area contributed by atoms with Gasteiger partial charge in [-0.2, -0.15) is 0 Å². The smallest absolute Gasteiger partial charge is 0.239 e. The molecular weight excluding hydrogens is 219 g/mol. The molecule has 2 atom stereocenters. The molecule has 1 aliphatic heterocycles. The van der Waals surface area contributed by atoms with Crippen LogP contribution in [-0.4, -0.2) is 23.4 Å². The predicted molar refractivity (Wildman–Crippen MR) is 63.9 cm³/mol. The number of hydrogen-bond donors (Lipinski definition) is 1. The van der Waals surface area contributed by atoms with Crippen LogP contribution in [0.4, 0.5) is 4.39 Å². The second-order valence-corrected chi connectivity index (χ2v) is 4.56. The second kappa shape index (κ2) is 4.45. The first-order chi connectivity index (χ1) is 8.02. The van der Waals surface area contributed by atoms with Crippen molar-refractivity contribution in [2.75, 3.05) is 6.54 Å². The van der Waals surface area contributed by atoms with Crippen LogP contribution in [0.1, 0.15) is 31.0 Å². The molecule has 0 saturated carbocycles. The summed E-state index contributed by atoms with van der Waals surface area (Å²) in [6, 6.07) is 4.30. The van der Waals surface area contributed by atoms with Crippen LogP contribution in [0, 0.1) is 5.82 Å². The Morgan fingerprint density at radius 1 is 1.59 bits per heavy atom. The lowest BCUT2D eigenvalue weighted by Gasteiger charge is -2.36. The van der Waals surface area contributed by atoms with Gasteiger partial charge in [-0.25, -0.2) is 4.39 Å². The van der Waals surface area contributed by atoms with Gasteiger partial charge in [-0.3, -0.25) is 4.79 Å². The lowest BCUT2D eigenvalue weighted by Crippen LogP contribution is -2.46. The third-order valence-electron chi connectivity index (χ3n) is 3.32. The molecule has 1 aliphatic rings. The molecule has 0 spiro atoms. The molecule has 1 aromatic rings. The fourth-order valence-corrected chi connectivity index (χ4v) is 2.42. The number of nitrogens with zero attached hydrogens (tertiary/aromatic N) is 1. The van der Waals surface area contributed by atoms with Gasteiger partial charge in [0.05, 0.1) is 12.1 Å². The first-order valence-corrected chi connectivity index (χ1v) is 5.85. The van der Waals surface area contributed by atoms with Gasteiger partial charge in [0, 0.05) is 12.1 Å². The first-order valence-electron chi connectivity index (χ1n) is 5.85. The Hall–Kier alpha value is -1.42. The Balaban J connectivity index is 2.36. The fraction of sp³-hybridized carbons (Fsp3) is 0.462. The molecule has 0 radical (unpaired) electrons. The summed E-state index contributed by atoms with van der Waals surface area (Å²) in [7, 11) is 0. The zero-order chi connectivity index (χ0) is 12.6. The van der Waals surface area contributed by atoms with Crippen molar-refractivity contribution in [2.45, 2.75) is 32.4 Å². The second-order valence-electron chi connectivity index (χ2n) is 4.56. The van der Waals surface area contributed by atoms with Crippen molar-refractivity contribution in [1.29, 1.82) is 0 Å². The molecule has 1 aromatic carbocycles. The predicted octanol–water partition coefficient (Wildman–Crippen LogP) is 1.62. The highest BCUT2D eigenvalue weighted by atomic mass is 19.1. The van der Waals surface area contributed by atoms with Crippen molar-refractivity contribution in [3.8, 4) is 0 Å². The first kappa shape index (κ1) is 12.0. The zero-order valence-corrected chi connectivity index (χ0v) is 10.1. The van der Waals surface area contributed by atoms with Gasteiger partial charge >= 0.3 is 0 Å². The van der Waals surface area contributed by atoms with Crippen LogP contribution in [0.3, 0.4) is 0 Å². The van der Waals surface area contributed by atoms with Crippen LogP contribution >= 0.6 is 0 Å². The van der Waals surface area contributed by atoms with E-state index < -0.39 is 6.04 Å². The summed E-state index contributed by atoms with van der Waals surface area (Å²) in [5, 5.41) is 0. The number of benzene rings is 1. The summed E-state index contributed by atoms with van der Waals surface area (Å²) < 4.78 is 13.8. The minimum absolute atomic E-state index is 0.119. The average molecular weight is 236 g/mol. The van der Waals surface area contributed by atoms with E-state index in [9.17, 15) is 9.18 Å². The third kappa shape index (κ3) is 2.05. The number of fused-ring (bicyclic) bond motifs is 1. The molecule has 3 nitrogen and oxygen atoms in total. The average Bonchev–Trinajstić information content (AvgIpc) is 2.28. The van der Waals surface area contributed by atoms with Crippen LogP contribution in [0.5, 0.6) is 0 Å². The van der Waals surface area contributed by atoms with E-state index in [0.29, 0.717) is 18.5 Å².